The van der Waals surface area contributed by atoms with E-state index < -0.39 is 0 Å². The van der Waals surface area contributed by atoms with Gasteiger partial charge in [-0.25, -0.2) is 4.98 Å². The Morgan fingerprint density at radius 2 is 1.72 bits per heavy atom. The number of rotatable bonds is 6. The van der Waals surface area contributed by atoms with Crippen LogP contribution in [0, 0.1) is 0 Å². The monoisotopic (exact) mass is 394 g/mol. The molecule has 1 aliphatic rings. The van der Waals surface area contributed by atoms with Gasteiger partial charge in [-0.15, -0.1) is 0 Å². The summed E-state index contributed by atoms with van der Waals surface area (Å²) in [5.41, 5.74) is 3.58. The molecule has 6 heteroatoms. The predicted octanol–water partition coefficient (Wildman–Crippen LogP) is 3.49. The Hall–Kier alpha value is -2.83. The van der Waals surface area contributed by atoms with E-state index in [9.17, 15) is 5.11 Å². The first kappa shape index (κ1) is 19.5. The van der Waals surface area contributed by atoms with Crippen molar-refractivity contribution in [2.45, 2.75) is 19.1 Å². The molecule has 0 saturated carbocycles. The highest BCUT2D eigenvalue weighted by atomic mass is 16.5. The van der Waals surface area contributed by atoms with Crippen LogP contribution in [0.25, 0.3) is 22.2 Å². The summed E-state index contributed by atoms with van der Waals surface area (Å²) >= 11 is 0. The van der Waals surface area contributed by atoms with Crippen molar-refractivity contribution in [3.63, 3.8) is 0 Å². The van der Waals surface area contributed by atoms with Crippen molar-refractivity contribution in [1.82, 2.24) is 9.88 Å². The zero-order valence-corrected chi connectivity index (χ0v) is 17.0. The number of pyridine rings is 1. The lowest BCUT2D eigenvalue weighted by Crippen LogP contribution is -2.22. The summed E-state index contributed by atoms with van der Waals surface area (Å²) < 4.78 is 16.8. The van der Waals surface area contributed by atoms with Crippen molar-refractivity contribution < 1.29 is 19.3 Å². The van der Waals surface area contributed by atoms with Gasteiger partial charge in [-0.1, -0.05) is 12.1 Å². The summed E-state index contributed by atoms with van der Waals surface area (Å²) in [5.74, 6) is 2.21. The Morgan fingerprint density at radius 1 is 1.00 bits per heavy atom. The van der Waals surface area contributed by atoms with E-state index in [4.69, 9.17) is 19.2 Å². The fourth-order valence-corrected chi connectivity index (χ4v) is 3.98. The normalized spacial score (nSPS) is 16.9. The van der Waals surface area contributed by atoms with Gasteiger partial charge in [-0.05, 0) is 42.3 Å². The van der Waals surface area contributed by atoms with Crippen LogP contribution in [0.4, 0.5) is 0 Å². The number of hydrogen-bond acceptors (Lipinski definition) is 6. The van der Waals surface area contributed by atoms with E-state index in [1.165, 1.54) is 0 Å². The van der Waals surface area contributed by atoms with Crippen molar-refractivity contribution >= 4 is 10.9 Å². The van der Waals surface area contributed by atoms with Crippen LogP contribution < -0.4 is 14.2 Å². The zero-order valence-electron chi connectivity index (χ0n) is 17.0. The molecule has 152 valence electrons. The van der Waals surface area contributed by atoms with E-state index in [-0.39, 0.29) is 6.10 Å². The van der Waals surface area contributed by atoms with Crippen LogP contribution in [0.1, 0.15) is 12.0 Å². The largest absolute Gasteiger partial charge is 0.496 e. The van der Waals surface area contributed by atoms with E-state index in [0.717, 1.165) is 52.2 Å². The molecule has 1 fully saturated rings. The van der Waals surface area contributed by atoms with Crippen LogP contribution >= 0.6 is 0 Å². The number of hydrogen-bond donors (Lipinski definition) is 1. The minimum atomic E-state index is -0.271. The number of ether oxygens (including phenoxy) is 3. The summed E-state index contributed by atoms with van der Waals surface area (Å²) in [4.78, 5) is 7.27. The van der Waals surface area contributed by atoms with Crippen LogP contribution in [0.15, 0.2) is 42.5 Å². The fraction of sp³-hybridized carbons (Fsp3) is 0.348. The van der Waals surface area contributed by atoms with E-state index in [0.29, 0.717) is 18.8 Å². The number of nitrogens with zero attached hydrogens (tertiary/aromatic N) is 2. The molecule has 6 nitrogen and oxygen atoms in total. The molecule has 3 aromatic rings. The molecule has 1 N–H and O–H groups in total. The second kappa shape index (κ2) is 8.27. The lowest BCUT2D eigenvalue weighted by Gasteiger charge is -2.20. The number of para-hydroxylation sites is 1. The number of aromatic nitrogens is 1. The van der Waals surface area contributed by atoms with E-state index in [1.54, 1.807) is 21.3 Å². The first-order chi connectivity index (χ1) is 14.1. The highest BCUT2D eigenvalue weighted by Crippen LogP contribution is 2.38. The van der Waals surface area contributed by atoms with E-state index >= 15 is 0 Å². The second-order valence-electron chi connectivity index (χ2n) is 7.24. The molecule has 0 aliphatic carbocycles. The summed E-state index contributed by atoms with van der Waals surface area (Å²) in [6.45, 7) is 2.21. The Balaban J connectivity index is 1.94. The smallest absolute Gasteiger partial charge is 0.145 e. The Bertz CT molecular complexity index is 1020. The molecule has 1 atom stereocenters. The predicted molar refractivity (Wildman–Crippen MR) is 113 cm³/mol. The highest BCUT2D eigenvalue weighted by Gasteiger charge is 2.23. The van der Waals surface area contributed by atoms with Crippen molar-refractivity contribution in [3.05, 3.63) is 48.0 Å². The van der Waals surface area contributed by atoms with Crippen LogP contribution in [-0.4, -0.2) is 55.5 Å². The standard InChI is InChI=1S/C23H26N2O4/c1-27-19-7-5-4-6-17(19)22-15(13-25-11-10-16(26)14-25)12-18-20(28-2)8-9-21(29-3)23(18)24-22/h4-9,12,16,26H,10-11,13-14H2,1-3H3/t16-/m1/s1. The molecule has 0 radical (unpaired) electrons. The molecule has 0 unspecified atom stereocenters. The molecule has 1 saturated heterocycles. The van der Waals surface area contributed by atoms with Gasteiger partial charge in [0.15, 0.2) is 0 Å². The average Bonchev–Trinajstić information content (AvgIpc) is 3.17. The first-order valence-corrected chi connectivity index (χ1v) is 9.73. The highest BCUT2D eigenvalue weighted by molar-refractivity contribution is 5.93. The lowest BCUT2D eigenvalue weighted by atomic mass is 10.0. The van der Waals surface area contributed by atoms with Gasteiger partial charge >= 0.3 is 0 Å². The Morgan fingerprint density at radius 3 is 2.41 bits per heavy atom. The van der Waals surface area contributed by atoms with E-state index in [2.05, 4.69) is 11.0 Å². The number of aliphatic hydroxyl groups excluding tert-OH is 1. The van der Waals surface area contributed by atoms with Crippen LogP contribution in [0.5, 0.6) is 17.2 Å². The van der Waals surface area contributed by atoms with Gasteiger partial charge < -0.3 is 19.3 Å². The molecule has 0 amide bonds. The summed E-state index contributed by atoms with van der Waals surface area (Å²) in [6, 6.07) is 13.8. The second-order valence-corrected chi connectivity index (χ2v) is 7.24. The van der Waals surface area contributed by atoms with Gasteiger partial charge in [0, 0.05) is 30.6 Å². The minimum Gasteiger partial charge on any atom is -0.496 e. The maximum atomic E-state index is 9.95. The number of fused-ring (bicyclic) bond motifs is 1. The summed E-state index contributed by atoms with van der Waals surface area (Å²) in [5, 5.41) is 10.9. The van der Waals surface area contributed by atoms with Crippen molar-refractivity contribution in [2.24, 2.45) is 0 Å². The SMILES string of the molecule is COc1ccccc1-c1nc2c(OC)ccc(OC)c2cc1CN1CC[C@@H](O)C1. The van der Waals surface area contributed by atoms with Crippen LogP contribution in [0.3, 0.4) is 0 Å². The number of benzene rings is 2. The van der Waals surface area contributed by atoms with Gasteiger partial charge in [0.05, 0.1) is 33.1 Å². The number of aliphatic hydroxyl groups is 1. The van der Waals surface area contributed by atoms with Gasteiger partial charge in [0.25, 0.3) is 0 Å². The molecular weight excluding hydrogens is 368 g/mol. The Kier molecular flexibility index (Phi) is 5.56. The van der Waals surface area contributed by atoms with E-state index in [1.807, 2.05) is 36.4 Å². The van der Waals surface area contributed by atoms with Gasteiger partial charge in [-0.3, -0.25) is 4.90 Å². The molecule has 1 aromatic heterocycles. The van der Waals surface area contributed by atoms with Crippen molar-refractivity contribution in [3.8, 4) is 28.5 Å². The zero-order chi connectivity index (χ0) is 20.4. The van der Waals surface area contributed by atoms with Crippen molar-refractivity contribution in [1.29, 1.82) is 0 Å². The molecule has 2 heterocycles. The Labute approximate surface area is 170 Å². The molecule has 2 aromatic carbocycles. The summed E-state index contributed by atoms with van der Waals surface area (Å²) in [6.07, 6.45) is 0.523. The van der Waals surface area contributed by atoms with Gasteiger partial charge in [0.2, 0.25) is 0 Å². The molecule has 29 heavy (non-hydrogen) atoms. The topological polar surface area (TPSA) is 64.0 Å². The quantitative estimate of drug-likeness (QED) is 0.690. The number of methoxy groups -OCH3 is 3. The average molecular weight is 394 g/mol. The number of β-amino-alcohol motifs (C(OH)–C–C–N with tert-alkyl or cyclic N) is 1. The van der Waals surface area contributed by atoms with Crippen LogP contribution in [-0.2, 0) is 6.54 Å². The van der Waals surface area contributed by atoms with Gasteiger partial charge in [-0.2, -0.15) is 0 Å². The molecule has 4 rings (SSSR count). The molecule has 0 spiro atoms. The first-order valence-electron chi connectivity index (χ1n) is 9.73. The maximum Gasteiger partial charge on any atom is 0.145 e. The third-order valence-electron chi connectivity index (χ3n) is 5.43. The third-order valence-corrected chi connectivity index (χ3v) is 5.43. The van der Waals surface area contributed by atoms with Crippen molar-refractivity contribution in [2.75, 3.05) is 34.4 Å². The summed E-state index contributed by atoms with van der Waals surface area (Å²) in [7, 11) is 4.97. The van der Waals surface area contributed by atoms with Crippen LogP contribution in [0.2, 0.25) is 0 Å². The third kappa shape index (κ3) is 3.73. The molecule has 0 bridgehead atoms. The fourth-order valence-electron chi connectivity index (χ4n) is 3.98. The minimum absolute atomic E-state index is 0.271. The molecular formula is C23H26N2O4. The lowest BCUT2D eigenvalue weighted by molar-refractivity contribution is 0.175. The number of likely N-dealkylation sites (tertiary alicyclic amines) is 1. The molecule has 1 aliphatic heterocycles. The van der Waals surface area contributed by atoms with Gasteiger partial charge in [0.1, 0.15) is 22.8 Å². The maximum absolute atomic E-state index is 9.95.